The Balaban J connectivity index is 0.00000400. The maximum atomic E-state index is 13.5. The van der Waals surface area contributed by atoms with E-state index < -0.39 is 5.76 Å². The van der Waals surface area contributed by atoms with Crippen molar-refractivity contribution in [1.29, 1.82) is 0 Å². The van der Waals surface area contributed by atoms with E-state index in [0.717, 1.165) is 54.9 Å². The summed E-state index contributed by atoms with van der Waals surface area (Å²) in [4.78, 5) is 28.6. The average molecular weight is 624 g/mol. The van der Waals surface area contributed by atoms with Crippen LogP contribution >= 0.6 is 13.5 Å². The second-order valence-electron chi connectivity index (χ2n) is 11.6. The molecule has 1 amide bonds. The Morgan fingerprint density at radius 1 is 0.844 bits per heavy atom. The molecule has 1 fully saturated rings. The van der Waals surface area contributed by atoms with Gasteiger partial charge >= 0.3 is 5.76 Å². The van der Waals surface area contributed by atoms with Crippen LogP contribution in [-0.2, 0) is 30.6 Å². The number of likely N-dealkylation sites (tertiary alicyclic amines) is 1. The minimum atomic E-state index is -0.400. The number of benzene rings is 4. The standard InChI is InChI=1S/C37H39N3O4.H2S/c1-43-32-17-14-27(15-18-32)12-13-28-10-7-11-31(22-28)33(26-39-20-5-6-21-39)38-36(41)24-30-16-19-35-34(23-30)40(37(42)44-35)25-29-8-3-2-4-9-29;/h2-4,7-11,14-19,22-23,33H,5-6,12-13,20-21,24-26H2,1H3,(H,38,41);1H2/t33-;/m1./s1. The Hall–Kier alpha value is -4.27. The molecule has 0 unspecified atom stereocenters. The fraction of sp³-hybridized carbons (Fsp3) is 0.297. The number of hydrogen-bond acceptors (Lipinski definition) is 5. The number of fused-ring (bicyclic) bond motifs is 1. The molecule has 4 aromatic carbocycles. The van der Waals surface area contributed by atoms with Crippen LogP contribution in [0.15, 0.2) is 106 Å². The normalized spacial score (nSPS) is 13.8. The van der Waals surface area contributed by atoms with E-state index in [9.17, 15) is 9.59 Å². The van der Waals surface area contributed by atoms with E-state index in [0.29, 0.717) is 17.6 Å². The summed E-state index contributed by atoms with van der Waals surface area (Å²) in [5.41, 5.74) is 6.71. The summed E-state index contributed by atoms with van der Waals surface area (Å²) in [5, 5.41) is 3.34. The van der Waals surface area contributed by atoms with E-state index >= 15 is 0 Å². The van der Waals surface area contributed by atoms with Crippen molar-refractivity contribution in [2.24, 2.45) is 0 Å². The van der Waals surface area contributed by atoms with Gasteiger partial charge in [-0.2, -0.15) is 13.5 Å². The van der Waals surface area contributed by atoms with Crippen molar-refractivity contribution >= 4 is 30.5 Å². The van der Waals surface area contributed by atoms with Crippen molar-refractivity contribution in [3.63, 3.8) is 0 Å². The lowest BCUT2D eigenvalue weighted by Crippen LogP contribution is -2.37. The Labute approximate surface area is 271 Å². The topological polar surface area (TPSA) is 76.7 Å². The smallest absolute Gasteiger partial charge is 0.420 e. The van der Waals surface area contributed by atoms with Crippen molar-refractivity contribution in [3.05, 3.63) is 135 Å². The van der Waals surface area contributed by atoms with Gasteiger partial charge in [-0.3, -0.25) is 9.36 Å². The zero-order valence-electron chi connectivity index (χ0n) is 25.7. The summed E-state index contributed by atoms with van der Waals surface area (Å²) >= 11 is 0. The minimum Gasteiger partial charge on any atom is -0.497 e. The summed E-state index contributed by atoms with van der Waals surface area (Å²) < 4.78 is 12.4. The third-order valence-corrected chi connectivity index (χ3v) is 8.47. The Kier molecular flexibility index (Phi) is 10.8. The van der Waals surface area contributed by atoms with Gasteiger partial charge in [0.25, 0.3) is 0 Å². The van der Waals surface area contributed by atoms with Crippen molar-refractivity contribution in [2.75, 3.05) is 26.7 Å². The molecule has 1 aliphatic heterocycles. The number of oxazole rings is 1. The van der Waals surface area contributed by atoms with Gasteiger partial charge in [0.05, 0.1) is 31.6 Å². The van der Waals surface area contributed by atoms with E-state index in [4.69, 9.17) is 9.15 Å². The first-order chi connectivity index (χ1) is 21.5. The number of amides is 1. The van der Waals surface area contributed by atoms with Crippen LogP contribution in [0.1, 0.15) is 46.7 Å². The molecule has 1 aromatic heterocycles. The fourth-order valence-corrected chi connectivity index (χ4v) is 6.07. The summed E-state index contributed by atoms with van der Waals surface area (Å²) in [5.74, 6) is 0.420. The second kappa shape index (κ2) is 15.1. The summed E-state index contributed by atoms with van der Waals surface area (Å²) in [6, 6.07) is 32.1. The number of ether oxygens (including phenoxy) is 1. The number of nitrogens with zero attached hydrogens (tertiary/aromatic N) is 2. The number of nitrogens with one attached hydrogen (secondary N) is 1. The maximum Gasteiger partial charge on any atom is 0.420 e. The maximum absolute atomic E-state index is 13.5. The first kappa shape index (κ1) is 32.1. The molecular formula is C37H41N3O4S. The van der Waals surface area contributed by atoms with Gasteiger partial charge in [-0.05, 0) is 90.9 Å². The number of rotatable bonds is 12. The molecule has 1 saturated heterocycles. The van der Waals surface area contributed by atoms with Gasteiger partial charge in [-0.25, -0.2) is 4.79 Å². The Morgan fingerprint density at radius 2 is 1.56 bits per heavy atom. The van der Waals surface area contributed by atoms with Gasteiger partial charge in [0.1, 0.15) is 5.75 Å². The molecule has 7 nitrogen and oxygen atoms in total. The average Bonchev–Trinajstić information content (AvgIpc) is 3.68. The number of carbonyl (C=O) groups excluding carboxylic acids is 1. The number of methoxy groups -OCH3 is 1. The van der Waals surface area contributed by atoms with Gasteiger partial charge in [-0.15, -0.1) is 0 Å². The molecule has 6 rings (SSSR count). The molecular weight excluding hydrogens is 582 g/mol. The molecule has 5 aromatic rings. The predicted octanol–water partition coefficient (Wildman–Crippen LogP) is 6.05. The second-order valence-corrected chi connectivity index (χ2v) is 11.6. The Morgan fingerprint density at radius 3 is 2.31 bits per heavy atom. The van der Waals surface area contributed by atoms with Crippen LogP contribution in [0.4, 0.5) is 0 Å². The predicted molar refractivity (Wildman–Crippen MR) is 184 cm³/mol. The molecule has 0 radical (unpaired) electrons. The lowest BCUT2D eigenvalue weighted by Gasteiger charge is -2.25. The van der Waals surface area contributed by atoms with Crippen LogP contribution in [0.3, 0.4) is 0 Å². The highest BCUT2D eigenvalue weighted by Gasteiger charge is 2.22. The highest BCUT2D eigenvalue weighted by atomic mass is 32.1. The highest BCUT2D eigenvalue weighted by Crippen LogP contribution is 2.22. The van der Waals surface area contributed by atoms with Crippen molar-refractivity contribution in [2.45, 2.75) is 44.7 Å². The van der Waals surface area contributed by atoms with E-state index in [1.807, 2.05) is 54.6 Å². The first-order valence-electron chi connectivity index (χ1n) is 15.4. The van der Waals surface area contributed by atoms with Crippen LogP contribution in [-0.4, -0.2) is 42.1 Å². The molecule has 45 heavy (non-hydrogen) atoms. The molecule has 2 heterocycles. The van der Waals surface area contributed by atoms with E-state index in [1.54, 1.807) is 17.7 Å². The highest BCUT2D eigenvalue weighted by molar-refractivity contribution is 7.59. The number of carbonyl (C=O) groups is 1. The van der Waals surface area contributed by atoms with Crippen LogP contribution < -0.4 is 15.8 Å². The number of aromatic nitrogens is 1. The largest absolute Gasteiger partial charge is 0.497 e. The zero-order valence-corrected chi connectivity index (χ0v) is 26.7. The summed E-state index contributed by atoms with van der Waals surface area (Å²) in [6.07, 6.45) is 4.45. The van der Waals surface area contributed by atoms with Crippen LogP contribution in [0.2, 0.25) is 0 Å². The molecule has 0 bridgehead atoms. The lowest BCUT2D eigenvalue weighted by atomic mass is 9.99. The summed E-state index contributed by atoms with van der Waals surface area (Å²) in [6.45, 7) is 3.30. The summed E-state index contributed by atoms with van der Waals surface area (Å²) in [7, 11) is 1.68. The molecule has 0 spiro atoms. The van der Waals surface area contributed by atoms with E-state index in [-0.39, 0.29) is 31.9 Å². The fourth-order valence-electron chi connectivity index (χ4n) is 6.07. The van der Waals surface area contributed by atoms with Gasteiger partial charge in [-0.1, -0.05) is 72.8 Å². The van der Waals surface area contributed by atoms with Crippen LogP contribution in [0.25, 0.3) is 11.1 Å². The first-order valence-corrected chi connectivity index (χ1v) is 15.4. The van der Waals surface area contributed by atoms with Crippen molar-refractivity contribution in [1.82, 2.24) is 14.8 Å². The molecule has 8 heteroatoms. The van der Waals surface area contributed by atoms with E-state index in [1.165, 1.54) is 24.0 Å². The minimum absolute atomic E-state index is 0. The number of aryl methyl sites for hydroxylation is 2. The van der Waals surface area contributed by atoms with Crippen molar-refractivity contribution < 1.29 is 13.9 Å². The van der Waals surface area contributed by atoms with Crippen molar-refractivity contribution in [3.8, 4) is 5.75 Å². The number of hydrogen-bond donors (Lipinski definition) is 1. The lowest BCUT2D eigenvalue weighted by molar-refractivity contribution is -0.121. The molecule has 234 valence electrons. The quantitative estimate of drug-likeness (QED) is 0.183. The third kappa shape index (κ3) is 8.26. The Bertz CT molecular complexity index is 1760. The monoisotopic (exact) mass is 623 g/mol. The van der Waals surface area contributed by atoms with E-state index in [2.05, 4.69) is 46.6 Å². The molecule has 1 N–H and O–H groups in total. The third-order valence-electron chi connectivity index (χ3n) is 8.47. The molecule has 1 aliphatic rings. The molecule has 0 saturated carbocycles. The van der Waals surface area contributed by atoms with Gasteiger partial charge in [0.2, 0.25) is 5.91 Å². The van der Waals surface area contributed by atoms with Gasteiger partial charge in [0, 0.05) is 6.54 Å². The van der Waals surface area contributed by atoms with Crippen LogP contribution in [0, 0.1) is 0 Å². The molecule has 0 aliphatic carbocycles. The molecule has 1 atom stereocenters. The zero-order chi connectivity index (χ0) is 30.3. The van der Waals surface area contributed by atoms with Gasteiger partial charge in [0.15, 0.2) is 5.58 Å². The van der Waals surface area contributed by atoms with Gasteiger partial charge < -0.3 is 19.4 Å². The van der Waals surface area contributed by atoms with Crippen LogP contribution in [0.5, 0.6) is 5.75 Å². The SMILES string of the molecule is COc1ccc(CCc2cccc([C@@H](CN3CCCC3)NC(=O)Cc3ccc4oc(=O)n(Cc5ccccc5)c4c3)c2)cc1.S.